The molecule has 140 valence electrons. The van der Waals surface area contributed by atoms with Gasteiger partial charge < -0.3 is 19.5 Å². The number of methoxy groups -OCH3 is 2. The molecule has 0 fully saturated rings. The average molecular weight is 398 g/mol. The van der Waals surface area contributed by atoms with Crippen LogP contribution in [0.1, 0.15) is 22.2 Å². The Kier molecular flexibility index (Phi) is 6.88. The molecule has 2 aromatic rings. The molecule has 0 unspecified atom stereocenters. The fourth-order valence-corrected chi connectivity index (χ4v) is 3.68. The van der Waals surface area contributed by atoms with E-state index in [4.69, 9.17) is 25.8 Å². The molecule has 0 aliphatic rings. The maximum absolute atomic E-state index is 12.6. The third kappa shape index (κ3) is 4.11. The molecule has 0 bridgehead atoms. The number of rotatable bonds is 7. The Morgan fingerprint density at radius 2 is 1.88 bits per heavy atom. The molecule has 1 heterocycles. The van der Waals surface area contributed by atoms with Gasteiger partial charge in [0.25, 0.3) is 0 Å². The maximum atomic E-state index is 12.6. The molecular formula is C18H20ClNO5S. The van der Waals surface area contributed by atoms with E-state index in [1.54, 1.807) is 33.3 Å². The Morgan fingerprint density at radius 3 is 2.46 bits per heavy atom. The lowest BCUT2D eigenvalue weighted by Crippen LogP contribution is -2.15. The number of halogens is 1. The number of aryl methyl sites for hydroxylation is 1. The van der Waals surface area contributed by atoms with E-state index in [0.717, 1.165) is 10.4 Å². The number of hydrogen-bond acceptors (Lipinski definition) is 6. The molecule has 0 radical (unpaired) electrons. The summed E-state index contributed by atoms with van der Waals surface area (Å²) in [6.07, 6.45) is 0. The minimum absolute atomic E-state index is 0.203. The predicted octanol–water partition coefficient (Wildman–Crippen LogP) is 4.09. The molecule has 0 saturated carbocycles. The van der Waals surface area contributed by atoms with Gasteiger partial charge in [-0.25, -0.2) is 4.79 Å². The number of anilines is 1. The molecule has 0 atom stereocenters. The van der Waals surface area contributed by atoms with Gasteiger partial charge in [0.15, 0.2) is 11.5 Å². The number of benzene rings is 1. The lowest BCUT2D eigenvalue weighted by Gasteiger charge is -2.12. The number of alkyl halides is 1. The van der Waals surface area contributed by atoms with Gasteiger partial charge in [0, 0.05) is 10.4 Å². The lowest BCUT2D eigenvalue weighted by atomic mass is 10.0. The van der Waals surface area contributed by atoms with Crippen LogP contribution in [0.4, 0.5) is 5.00 Å². The lowest BCUT2D eigenvalue weighted by molar-refractivity contribution is -0.113. The normalized spacial score (nSPS) is 10.3. The van der Waals surface area contributed by atoms with Crippen molar-refractivity contribution in [3.05, 3.63) is 28.6 Å². The third-order valence-electron chi connectivity index (χ3n) is 3.61. The molecule has 0 aliphatic carbocycles. The fraction of sp³-hybridized carbons (Fsp3) is 0.333. The van der Waals surface area contributed by atoms with E-state index in [2.05, 4.69) is 5.32 Å². The number of ether oxygens (including phenoxy) is 3. The van der Waals surface area contributed by atoms with Crippen molar-refractivity contribution in [1.82, 2.24) is 0 Å². The highest BCUT2D eigenvalue weighted by atomic mass is 35.5. The zero-order valence-electron chi connectivity index (χ0n) is 15.0. The summed E-state index contributed by atoms with van der Waals surface area (Å²) in [7, 11) is 3.09. The summed E-state index contributed by atoms with van der Waals surface area (Å²) in [6.45, 7) is 3.82. The number of thiophene rings is 1. The minimum atomic E-state index is -0.508. The highest BCUT2D eigenvalue weighted by Crippen LogP contribution is 2.42. The van der Waals surface area contributed by atoms with Crippen molar-refractivity contribution in [2.45, 2.75) is 13.8 Å². The van der Waals surface area contributed by atoms with Crippen LogP contribution in [0.25, 0.3) is 11.1 Å². The van der Waals surface area contributed by atoms with Gasteiger partial charge in [-0.05, 0) is 31.5 Å². The van der Waals surface area contributed by atoms with E-state index >= 15 is 0 Å². The van der Waals surface area contributed by atoms with Crippen LogP contribution in [0.5, 0.6) is 11.5 Å². The van der Waals surface area contributed by atoms with Gasteiger partial charge in [0.05, 0.1) is 20.8 Å². The Hall–Kier alpha value is -2.25. The standard InChI is InChI=1S/C18H20ClNO5S/c1-5-25-18(22)16-15(10(2)26-17(16)20-14(21)9-19)11-6-7-12(23-3)13(8-11)24-4/h6-8H,5,9H2,1-4H3,(H,20,21). The molecule has 0 spiro atoms. The molecule has 1 amide bonds. The van der Waals surface area contributed by atoms with E-state index in [0.29, 0.717) is 27.6 Å². The van der Waals surface area contributed by atoms with Gasteiger partial charge in [0.1, 0.15) is 16.4 Å². The van der Waals surface area contributed by atoms with Crippen molar-refractivity contribution < 1.29 is 23.8 Å². The fourth-order valence-electron chi connectivity index (χ4n) is 2.53. The Labute approximate surface area is 161 Å². The largest absolute Gasteiger partial charge is 0.493 e. The SMILES string of the molecule is CCOC(=O)c1c(NC(=O)CCl)sc(C)c1-c1ccc(OC)c(OC)c1. The van der Waals surface area contributed by atoms with Crippen LogP contribution >= 0.6 is 22.9 Å². The summed E-state index contributed by atoms with van der Waals surface area (Å²) in [6, 6.07) is 5.37. The van der Waals surface area contributed by atoms with Gasteiger partial charge in [0.2, 0.25) is 5.91 Å². The Balaban J connectivity index is 2.63. The van der Waals surface area contributed by atoms with Crippen molar-refractivity contribution in [2.24, 2.45) is 0 Å². The summed E-state index contributed by atoms with van der Waals surface area (Å²) in [4.78, 5) is 25.1. The molecule has 0 aliphatic heterocycles. The van der Waals surface area contributed by atoms with Crippen molar-refractivity contribution in [3.63, 3.8) is 0 Å². The first-order chi connectivity index (χ1) is 12.5. The van der Waals surface area contributed by atoms with E-state index in [1.807, 2.05) is 13.0 Å². The predicted molar refractivity (Wildman–Crippen MR) is 103 cm³/mol. The van der Waals surface area contributed by atoms with E-state index < -0.39 is 11.9 Å². The molecule has 6 nitrogen and oxygen atoms in total. The van der Waals surface area contributed by atoms with Crippen LogP contribution in [0.2, 0.25) is 0 Å². The van der Waals surface area contributed by atoms with Crippen LogP contribution in [0, 0.1) is 6.92 Å². The summed E-state index contributed by atoms with van der Waals surface area (Å²) in [5.74, 6) is 0.0170. The molecule has 2 rings (SSSR count). The summed E-state index contributed by atoms with van der Waals surface area (Å²) in [5.41, 5.74) is 1.74. The van der Waals surface area contributed by atoms with Crippen LogP contribution < -0.4 is 14.8 Å². The second-order valence-corrected chi connectivity index (χ2v) is 6.70. The highest BCUT2D eigenvalue weighted by molar-refractivity contribution is 7.17. The first-order valence-electron chi connectivity index (χ1n) is 7.85. The molecular weight excluding hydrogens is 378 g/mol. The van der Waals surface area contributed by atoms with Crippen LogP contribution in [-0.2, 0) is 9.53 Å². The van der Waals surface area contributed by atoms with Crippen LogP contribution in [0.15, 0.2) is 18.2 Å². The summed E-state index contributed by atoms with van der Waals surface area (Å²) in [5, 5.41) is 3.09. The van der Waals surface area contributed by atoms with E-state index in [-0.39, 0.29) is 12.5 Å². The molecule has 8 heteroatoms. The van der Waals surface area contributed by atoms with Crippen molar-refractivity contribution in [3.8, 4) is 22.6 Å². The van der Waals surface area contributed by atoms with Gasteiger partial charge in [-0.15, -0.1) is 22.9 Å². The van der Waals surface area contributed by atoms with Gasteiger partial charge >= 0.3 is 5.97 Å². The minimum Gasteiger partial charge on any atom is -0.493 e. The second kappa shape index (κ2) is 8.91. The van der Waals surface area contributed by atoms with Crippen LogP contribution in [0.3, 0.4) is 0 Å². The quantitative estimate of drug-likeness (QED) is 0.562. The van der Waals surface area contributed by atoms with E-state index in [9.17, 15) is 9.59 Å². The zero-order valence-corrected chi connectivity index (χ0v) is 16.5. The molecule has 1 aromatic carbocycles. The number of carbonyl (C=O) groups is 2. The topological polar surface area (TPSA) is 73.9 Å². The van der Waals surface area contributed by atoms with Crippen molar-refractivity contribution in [2.75, 3.05) is 32.0 Å². The first-order valence-corrected chi connectivity index (χ1v) is 9.20. The molecule has 1 N–H and O–H groups in total. The Bertz CT molecular complexity index is 818. The molecule has 0 saturated heterocycles. The van der Waals surface area contributed by atoms with Gasteiger partial charge in [-0.1, -0.05) is 6.07 Å². The van der Waals surface area contributed by atoms with Crippen LogP contribution in [-0.4, -0.2) is 38.6 Å². The number of carbonyl (C=O) groups excluding carboxylic acids is 2. The molecule has 1 aromatic heterocycles. The number of nitrogens with one attached hydrogen (secondary N) is 1. The van der Waals surface area contributed by atoms with Crippen molar-refractivity contribution >= 4 is 39.8 Å². The number of hydrogen-bond donors (Lipinski definition) is 1. The number of esters is 1. The van der Waals surface area contributed by atoms with Gasteiger partial charge in [-0.2, -0.15) is 0 Å². The zero-order chi connectivity index (χ0) is 19.3. The second-order valence-electron chi connectivity index (χ2n) is 5.21. The average Bonchev–Trinajstić information content (AvgIpc) is 2.96. The smallest absolute Gasteiger partial charge is 0.341 e. The number of amides is 1. The summed E-state index contributed by atoms with van der Waals surface area (Å²) < 4.78 is 15.8. The van der Waals surface area contributed by atoms with E-state index in [1.165, 1.54) is 11.3 Å². The molecule has 26 heavy (non-hydrogen) atoms. The summed E-state index contributed by atoms with van der Waals surface area (Å²) >= 11 is 6.87. The first kappa shape index (κ1) is 20.1. The van der Waals surface area contributed by atoms with Crippen molar-refractivity contribution in [1.29, 1.82) is 0 Å². The highest BCUT2D eigenvalue weighted by Gasteiger charge is 2.26. The Morgan fingerprint density at radius 1 is 1.19 bits per heavy atom. The third-order valence-corrected chi connectivity index (χ3v) is 4.87. The van der Waals surface area contributed by atoms with Gasteiger partial charge in [-0.3, -0.25) is 4.79 Å². The maximum Gasteiger partial charge on any atom is 0.341 e. The monoisotopic (exact) mass is 397 g/mol.